The van der Waals surface area contributed by atoms with E-state index in [1.807, 2.05) is 0 Å². The highest BCUT2D eigenvalue weighted by molar-refractivity contribution is 5.85. The van der Waals surface area contributed by atoms with E-state index in [1.165, 1.54) is 353 Å². The normalized spacial score (nSPS) is 11.8. The first-order chi connectivity index (χ1) is 41.4. The summed E-state index contributed by atoms with van der Waals surface area (Å²) in [6.45, 7) is 14.6. The van der Waals surface area contributed by atoms with Gasteiger partial charge in [0.05, 0.1) is 25.9 Å². The molecule has 0 fully saturated rings. The lowest BCUT2D eigenvalue weighted by Gasteiger charge is -2.34. The first kappa shape index (κ1) is 82.8. The highest BCUT2D eigenvalue weighted by Gasteiger charge is 2.42. The van der Waals surface area contributed by atoms with Gasteiger partial charge in [0.15, 0.2) is 0 Å². The van der Waals surface area contributed by atoms with Crippen molar-refractivity contribution in [2.24, 2.45) is 0 Å². The largest absolute Gasteiger partial charge is 0.343 e. The van der Waals surface area contributed by atoms with Crippen molar-refractivity contribution >= 4 is 17.7 Å². The van der Waals surface area contributed by atoms with Crippen LogP contribution in [0, 0.1) is 0 Å². The maximum atomic E-state index is 15.1. The molecule has 0 heterocycles. The van der Waals surface area contributed by atoms with Gasteiger partial charge in [-0.05, 0) is 51.4 Å². The van der Waals surface area contributed by atoms with Gasteiger partial charge in [0.1, 0.15) is 0 Å². The number of quaternary nitrogens is 1. The van der Waals surface area contributed by atoms with E-state index in [0.717, 1.165) is 64.5 Å². The van der Waals surface area contributed by atoms with Crippen molar-refractivity contribution in [3.63, 3.8) is 0 Å². The zero-order chi connectivity index (χ0) is 61.0. The summed E-state index contributed by atoms with van der Waals surface area (Å²) >= 11 is 0. The van der Waals surface area contributed by atoms with Crippen LogP contribution in [-0.2, 0) is 14.4 Å². The van der Waals surface area contributed by atoms with Crippen LogP contribution in [0.1, 0.15) is 465 Å². The van der Waals surface area contributed by atoms with Crippen LogP contribution in [0.5, 0.6) is 0 Å². The van der Waals surface area contributed by atoms with Crippen molar-refractivity contribution < 1.29 is 18.9 Å². The van der Waals surface area contributed by atoms with E-state index in [-0.39, 0.29) is 22.2 Å². The van der Waals surface area contributed by atoms with Crippen LogP contribution in [-0.4, -0.2) is 53.3 Å². The summed E-state index contributed by atoms with van der Waals surface area (Å²) in [5.41, 5.74) is 0. The molecule has 84 heavy (non-hydrogen) atoms. The van der Waals surface area contributed by atoms with E-state index < -0.39 is 0 Å². The second-order valence-electron chi connectivity index (χ2n) is 27.7. The molecule has 0 aliphatic carbocycles. The summed E-state index contributed by atoms with van der Waals surface area (Å²) in [6, 6.07) is 0. The molecule has 0 rings (SSSR count). The average molecular weight is 1180 g/mol. The maximum Gasteiger partial charge on any atom is 0.321 e. The molecular weight excluding hydrogens is 1020 g/mol. The molecule has 3 amide bonds. The monoisotopic (exact) mass is 1180 g/mol. The van der Waals surface area contributed by atoms with Crippen molar-refractivity contribution in [3.05, 3.63) is 0 Å². The highest BCUT2D eigenvalue weighted by Crippen LogP contribution is 2.25. The smallest absolute Gasteiger partial charge is 0.321 e. The van der Waals surface area contributed by atoms with Crippen molar-refractivity contribution in [2.75, 3.05) is 26.2 Å². The quantitative estimate of drug-likeness (QED) is 0.0450. The number of imide groups is 1. The highest BCUT2D eigenvalue weighted by atomic mass is 16.2. The van der Waals surface area contributed by atoms with Gasteiger partial charge in [-0.3, -0.25) is 4.79 Å². The number of unbranched alkanes of at least 4 members (excludes halogenated alkanes) is 58. The third kappa shape index (κ3) is 56.0. The van der Waals surface area contributed by atoms with Gasteiger partial charge in [0.2, 0.25) is 5.91 Å². The molecule has 0 unspecified atom stereocenters. The van der Waals surface area contributed by atoms with Crippen LogP contribution < -0.4 is 0 Å². The fraction of sp³-hybridized carbons (Fsp3) is 0.962. The van der Waals surface area contributed by atoms with Crippen LogP contribution in [0.3, 0.4) is 0 Å². The summed E-state index contributed by atoms with van der Waals surface area (Å²) in [4.78, 5) is 46.6. The number of hydrogen-bond acceptors (Lipinski definition) is 3. The molecule has 0 spiro atoms. The van der Waals surface area contributed by atoms with Gasteiger partial charge in [-0.2, -0.15) is 4.48 Å². The Morgan fingerprint density at radius 1 is 0.202 bits per heavy atom. The van der Waals surface area contributed by atoms with Crippen LogP contribution in [0.25, 0.3) is 0 Å². The first-order valence-corrected chi connectivity index (χ1v) is 39.6. The van der Waals surface area contributed by atoms with E-state index in [4.69, 9.17) is 0 Å². The third-order valence-electron chi connectivity index (χ3n) is 19.4. The predicted octanol–water partition coefficient (Wildman–Crippen LogP) is 26.9. The van der Waals surface area contributed by atoms with Crippen molar-refractivity contribution in [1.29, 1.82) is 0 Å². The van der Waals surface area contributed by atoms with Crippen molar-refractivity contribution in [3.8, 4) is 0 Å². The molecule has 0 radical (unpaired) electrons. The molecule has 0 atom stereocenters. The van der Waals surface area contributed by atoms with Gasteiger partial charge in [-0.1, -0.05) is 394 Å². The summed E-state index contributed by atoms with van der Waals surface area (Å²) in [5, 5.41) is 0. The summed E-state index contributed by atoms with van der Waals surface area (Å²) in [6.07, 6.45) is 84.2. The molecule has 0 aliphatic rings. The standard InChI is InChI=1S/C79H157N2O3/c1-6-11-16-21-26-31-36-41-42-43-44-49-54-59-64-71-78(83)81(75-67-62-57-52-47-39-34-29-24-19-14-9-4,76-68-63-58-53-48-40-35-30-25-20-15-10-5)79(84)72-69-70-77(82)80(73-65-60-55-50-45-37-32-27-22-17-12-7-2)74-66-61-56-51-46-38-33-28-23-18-13-8-3/h6-76H2,1-5H3/q+1. The van der Waals surface area contributed by atoms with Crippen molar-refractivity contribution in [1.82, 2.24) is 4.90 Å². The molecular formula is C79H157N2O3+. The Labute approximate surface area is 529 Å². The molecule has 0 aliphatic heterocycles. The molecule has 5 heteroatoms. The maximum absolute atomic E-state index is 15.1. The van der Waals surface area contributed by atoms with Gasteiger partial charge in [-0.25, -0.2) is 9.59 Å². The number of nitrogens with zero attached hydrogens (tertiary/aromatic N) is 2. The van der Waals surface area contributed by atoms with E-state index >= 15 is 4.79 Å². The summed E-state index contributed by atoms with van der Waals surface area (Å²) in [7, 11) is 0. The minimum atomic E-state index is 0.0593. The molecule has 5 nitrogen and oxygen atoms in total. The first-order valence-electron chi connectivity index (χ1n) is 39.6. The molecule has 0 aromatic carbocycles. The Balaban J connectivity index is 5.87. The number of rotatable bonds is 72. The molecule has 500 valence electrons. The Hall–Kier alpha value is -1.23. The lowest BCUT2D eigenvalue weighted by molar-refractivity contribution is -0.780. The van der Waals surface area contributed by atoms with E-state index in [9.17, 15) is 9.59 Å². The average Bonchev–Trinajstić information content (AvgIpc) is 3.61. The molecule has 0 saturated heterocycles. The molecule has 0 aromatic heterocycles. The second kappa shape index (κ2) is 69.2. The summed E-state index contributed by atoms with van der Waals surface area (Å²) < 4.78 is 0.0593. The Morgan fingerprint density at radius 2 is 0.381 bits per heavy atom. The number of carbonyl (C=O) groups excluding carboxylic acids is 3. The molecule has 0 bridgehead atoms. The number of amides is 3. The Morgan fingerprint density at radius 3 is 0.607 bits per heavy atom. The zero-order valence-electron chi connectivity index (χ0n) is 58.8. The molecule has 0 N–H and O–H groups in total. The van der Waals surface area contributed by atoms with E-state index in [1.54, 1.807) is 0 Å². The fourth-order valence-corrected chi connectivity index (χ4v) is 13.5. The second-order valence-corrected chi connectivity index (χ2v) is 27.7. The van der Waals surface area contributed by atoms with Crippen LogP contribution in [0.15, 0.2) is 0 Å². The predicted molar refractivity (Wildman–Crippen MR) is 374 cm³/mol. The van der Waals surface area contributed by atoms with Gasteiger partial charge in [0.25, 0.3) is 0 Å². The molecule has 0 saturated carbocycles. The third-order valence-corrected chi connectivity index (χ3v) is 19.4. The van der Waals surface area contributed by atoms with Gasteiger partial charge in [0, 0.05) is 19.5 Å². The van der Waals surface area contributed by atoms with Gasteiger partial charge < -0.3 is 4.90 Å². The topological polar surface area (TPSA) is 54.5 Å². The fourth-order valence-electron chi connectivity index (χ4n) is 13.5. The van der Waals surface area contributed by atoms with Gasteiger partial charge in [-0.15, -0.1) is 0 Å². The van der Waals surface area contributed by atoms with Crippen molar-refractivity contribution in [2.45, 2.75) is 465 Å². The van der Waals surface area contributed by atoms with Crippen LogP contribution in [0.2, 0.25) is 0 Å². The molecule has 0 aromatic rings. The van der Waals surface area contributed by atoms with Gasteiger partial charge >= 0.3 is 11.8 Å². The SMILES string of the molecule is CCCCCCCCCCCCCCCCCC(=O)[N+](CCCCCCCCCCCCCC)(CCCCCCCCCCCCCC)C(=O)CCCC(=O)N(CCCCCCCCCCCCCC)CCCCCCCCCCCCCC. The number of hydrogen-bond donors (Lipinski definition) is 0. The zero-order valence-corrected chi connectivity index (χ0v) is 58.8. The van der Waals surface area contributed by atoms with Crippen LogP contribution >= 0.6 is 0 Å². The van der Waals surface area contributed by atoms with E-state index in [0.29, 0.717) is 38.8 Å². The Kier molecular flexibility index (Phi) is 68.2. The van der Waals surface area contributed by atoms with E-state index in [2.05, 4.69) is 39.5 Å². The lowest BCUT2D eigenvalue weighted by Crippen LogP contribution is -2.58. The summed E-state index contributed by atoms with van der Waals surface area (Å²) in [5.74, 6) is 0.583. The lowest BCUT2D eigenvalue weighted by atomic mass is 10.0. The Bertz CT molecular complexity index is 1260. The minimum absolute atomic E-state index is 0.0593. The van der Waals surface area contributed by atoms with Crippen LogP contribution in [0.4, 0.5) is 0 Å². The minimum Gasteiger partial charge on any atom is -0.343 e. The number of carbonyl (C=O) groups is 3.